The zero-order valence-corrected chi connectivity index (χ0v) is 12.6. The van der Waals surface area contributed by atoms with Crippen LogP contribution >= 0.6 is 0 Å². The molecule has 0 aromatic carbocycles. The molecule has 0 aliphatic carbocycles. The largest absolute Gasteiger partial charge is 0.363 e. The number of likely N-dealkylation sites (tertiary alicyclic amines) is 1. The lowest BCUT2D eigenvalue weighted by Crippen LogP contribution is -2.46. The Labute approximate surface area is 117 Å². The first-order valence-electron chi connectivity index (χ1n) is 7.66. The van der Waals surface area contributed by atoms with Gasteiger partial charge in [-0.05, 0) is 26.9 Å². The van der Waals surface area contributed by atoms with Crippen LogP contribution in [0.4, 0.5) is 0 Å². The number of piperidine rings is 1. The highest BCUT2D eigenvalue weighted by molar-refractivity contribution is 4.71. The van der Waals surface area contributed by atoms with Crippen molar-refractivity contribution < 1.29 is 4.74 Å². The second-order valence-corrected chi connectivity index (χ2v) is 5.96. The Kier molecular flexibility index (Phi) is 6.53. The van der Waals surface area contributed by atoms with Crippen molar-refractivity contribution in [3.05, 3.63) is 0 Å². The molecule has 0 spiro atoms. The first-order chi connectivity index (χ1) is 9.24. The highest BCUT2D eigenvalue weighted by Crippen LogP contribution is 2.11. The third-order valence-corrected chi connectivity index (χ3v) is 4.29. The summed E-state index contributed by atoms with van der Waals surface area (Å²) >= 11 is 0. The van der Waals surface area contributed by atoms with Crippen LogP contribution in [0.25, 0.3) is 0 Å². The monoisotopic (exact) mass is 270 g/mol. The molecule has 2 fully saturated rings. The molecule has 1 N–H and O–H groups in total. The molecule has 2 saturated heterocycles. The van der Waals surface area contributed by atoms with Crippen molar-refractivity contribution in [1.82, 2.24) is 20.0 Å². The van der Waals surface area contributed by atoms with E-state index in [1.807, 2.05) is 0 Å². The SMILES string of the molecule is CN1CCC(OCNCCN2CCN(C)CC2)CC1. The molecule has 0 saturated carbocycles. The van der Waals surface area contributed by atoms with Crippen molar-refractivity contribution >= 4 is 0 Å². The van der Waals surface area contributed by atoms with Crippen LogP contribution in [0.5, 0.6) is 0 Å². The van der Waals surface area contributed by atoms with E-state index < -0.39 is 0 Å². The second kappa shape index (κ2) is 8.17. The molecule has 0 bridgehead atoms. The van der Waals surface area contributed by atoms with Gasteiger partial charge < -0.3 is 14.5 Å². The predicted molar refractivity (Wildman–Crippen MR) is 78.4 cm³/mol. The van der Waals surface area contributed by atoms with Crippen LogP contribution in [0, 0.1) is 0 Å². The van der Waals surface area contributed by atoms with Crippen molar-refractivity contribution in [2.45, 2.75) is 18.9 Å². The number of nitrogens with one attached hydrogen (secondary N) is 1. The number of piperazine rings is 1. The molecule has 5 heteroatoms. The maximum absolute atomic E-state index is 5.87. The molecule has 0 aromatic heterocycles. The average molecular weight is 270 g/mol. The fourth-order valence-electron chi connectivity index (χ4n) is 2.71. The van der Waals surface area contributed by atoms with Gasteiger partial charge in [0, 0.05) is 52.4 Å². The number of nitrogens with zero attached hydrogens (tertiary/aromatic N) is 3. The van der Waals surface area contributed by atoms with Gasteiger partial charge in [-0.15, -0.1) is 0 Å². The number of hydrogen-bond acceptors (Lipinski definition) is 5. The van der Waals surface area contributed by atoms with Gasteiger partial charge in [0.25, 0.3) is 0 Å². The summed E-state index contributed by atoms with van der Waals surface area (Å²) in [7, 11) is 4.38. The minimum atomic E-state index is 0.465. The summed E-state index contributed by atoms with van der Waals surface area (Å²) in [6.07, 6.45) is 2.82. The molecule has 2 aliphatic heterocycles. The average Bonchev–Trinajstić information content (AvgIpc) is 2.43. The van der Waals surface area contributed by atoms with Gasteiger partial charge >= 0.3 is 0 Å². The molecule has 0 atom stereocenters. The highest BCUT2D eigenvalue weighted by Gasteiger charge is 2.16. The number of hydrogen-bond donors (Lipinski definition) is 1. The van der Waals surface area contributed by atoms with Crippen LogP contribution < -0.4 is 5.32 Å². The Hall–Kier alpha value is -0.200. The summed E-state index contributed by atoms with van der Waals surface area (Å²) in [6, 6.07) is 0. The first-order valence-corrected chi connectivity index (χ1v) is 7.66. The smallest absolute Gasteiger partial charge is 0.0969 e. The first kappa shape index (κ1) is 15.2. The maximum Gasteiger partial charge on any atom is 0.0969 e. The molecule has 112 valence electrons. The van der Waals surface area contributed by atoms with Crippen molar-refractivity contribution in [2.24, 2.45) is 0 Å². The molecule has 19 heavy (non-hydrogen) atoms. The molecule has 0 aromatic rings. The summed E-state index contributed by atoms with van der Waals surface area (Å²) < 4.78 is 5.87. The number of ether oxygens (including phenoxy) is 1. The zero-order valence-electron chi connectivity index (χ0n) is 12.6. The van der Waals surface area contributed by atoms with Gasteiger partial charge in [0.15, 0.2) is 0 Å². The van der Waals surface area contributed by atoms with Crippen LogP contribution in [0.3, 0.4) is 0 Å². The Balaban J connectivity index is 1.44. The van der Waals surface area contributed by atoms with E-state index >= 15 is 0 Å². The van der Waals surface area contributed by atoms with Gasteiger partial charge in [-0.2, -0.15) is 0 Å². The summed E-state index contributed by atoms with van der Waals surface area (Å²) in [6.45, 7) is 10.0. The highest BCUT2D eigenvalue weighted by atomic mass is 16.5. The lowest BCUT2D eigenvalue weighted by atomic mass is 10.1. The standard InChI is InChI=1S/C14H30N4O/c1-16-6-3-14(4-7-16)19-13-15-5-8-18-11-9-17(2)10-12-18/h14-15H,3-13H2,1-2H3. The second-order valence-electron chi connectivity index (χ2n) is 5.96. The minimum Gasteiger partial charge on any atom is -0.363 e. The number of rotatable bonds is 6. The quantitative estimate of drug-likeness (QED) is 0.538. The summed E-state index contributed by atoms with van der Waals surface area (Å²) in [5.41, 5.74) is 0. The summed E-state index contributed by atoms with van der Waals surface area (Å²) in [4.78, 5) is 7.30. The van der Waals surface area contributed by atoms with Crippen molar-refractivity contribution in [2.75, 3.05) is 73.2 Å². The van der Waals surface area contributed by atoms with Gasteiger partial charge in [-0.1, -0.05) is 0 Å². The van der Waals surface area contributed by atoms with Gasteiger partial charge in [-0.3, -0.25) is 10.2 Å². The van der Waals surface area contributed by atoms with Crippen LogP contribution in [-0.2, 0) is 4.74 Å². The topological polar surface area (TPSA) is 31.0 Å². The van der Waals surface area contributed by atoms with Gasteiger partial charge in [0.2, 0.25) is 0 Å². The summed E-state index contributed by atoms with van der Waals surface area (Å²) in [5.74, 6) is 0. The lowest BCUT2D eigenvalue weighted by Gasteiger charge is -2.32. The van der Waals surface area contributed by atoms with E-state index in [0.29, 0.717) is 12.8 Å². The molecule has 5 nitrogen and oxygen atoms in total. The van der Waals surface area contributed by atoms with E-state index in [-0.39, 0.29) is 0 Å². The summed E-state index contributed by atoms with van der Waals surface area (Å²) in [5, 5.41) is 3.41. The van der Waals surface area contributed by atoms with Crippen LogP contribution in [0.15, 0.2) is 0 Å². The van der Waals surface area contributed by atoms with Gasteiger partial charge in [0.05, 0.1) is 12.8 Å². The van der Waals surface area contributed by atoms with Gasteiger partial charge in [-0.25, -0.2) is 0 Å². The predicted octanol–water partition coefficient (Wildman–Crippen LogP) is -0.108. The van der Waals surface area contributed by atoms with E-state index in [1.54, 1.807) is 0 Å². The van der Waals surface area contributed by atoms with E-state index in [0.717, 1.165) is 13.1 Å². The Bertz CT molecular complexity index is 212. The fourth-order valence-corrected chi connectivity index (χ4v) is 2.71. The molecule has 0 amide bonds. The minimum absolute atomic E-state index is 0.465. The molecule has 2 rings (SSSR count). The van der Waals surface area contributed by atoms with E-state index in [9.17, 15) is 0 Å². The fraction of sp³-hybridized carbons (Fsp3) is 1.00. The molecular formula is C14H30N4O. The van der Waals surface area contributed by atoms with Crippen LogP contribution in [0.2, 0.25) is 0 Å². The molecule has 2 aliphatic rings. The van der Waals surface area contributed by atoms with Crippen molar-refractivity contribution in [3.8, 4) is 0 Å². The van der Waals surface area contributed by atoms with Crippen molar-refractivity contribution in [1.29, 1.82) is 0 Å². The van der Waals surface area contributed by atoms with Crippen LogP contribution in [-0.4, -0.2) is 94.0 Å². The zero-order chi connectivity index (χ0) is 13.5. The Morgan fingerprint density at radius 1 is 0.947 bits per heavy atom. The number of likely N-dealkylation sites (N-methyl/N-ethyl adjacent to an activating group) is 1. The normalized spacial score (nSPS) is 24.9. The Morgan fingerprint density at radius 2 is 1.58 bits per heavy atom. The molecule has 2 heterocycles. The van der Waals surface area contributed by atoms with Crippen LogP contribution in [0.1, 0.15) is 12.8 Å². The third kappa shape index (κ3) is 5.75. The third-order valence-electron chi connectivity index (χ3n) is 4.29. The Morgan fingerprint density at radius 3 is 2.26 bits per heavy atom. The molecular weight excluding hydrogens is 240 g/mol. The van der Waals surface area contributed by atoms with Gasteiger partial charge in [0.1, 0.15) is 0 Å². The van der Waals surface area contributed by atoms with E-state index in [1.165, 1.54) is 52.1 Å². The molecule has 0 radical (unpaired) electrons. The molecule has 0 unspecified atom stereocenters. The maximum atomic E-state index is 5.87. The lowest BCUT2D eigenvalue weighted by molar-refractivity contribution is 0.00233. The van der Waals surface area contributed by atoms with Crippen molar-refractivity contribution in [3.63, 3.8) is 0 Å². The van der Waals surface area contributed by atoms with E-state index in [4.69, 9.17) is 4.74 Å². The van der Waals surface area contributed by atoms with E-state index in [2.05, 4.69) is 34.1 Å².